The van der Waals surface area contributed by atoms with Crippen molar-refractivity contribution in [2.45, 2.75) is 52.6 Å². The minimum absolute atomic E-state index is 0.0385. The van der Waals surface area contributed by atoms with Crippen LogP contribution in [0.25, 0.3) is 0 Å². The van der Waals surface area contributed by atoms with Crippen LogP contribution in [0.4, 0.5) is 16.2 Å². The summed E-state index contributed by atoms with van der Waals surface area (Å²) in [7, 11) is 1.71. The Bertz CT molecular complexity index is 701. The van der Waals surface area contributed by atoms with Crippen LogP contribution in [0.15, 0.2) is 24.3 Å². The number of nitrogens with one attached hydrogen (secondary N) is 1. The lowest BCUT2D eigenvalue weighted by Crippen LogP contribution is -2.42. The molecule has 0 unspecified atom stereocenters. The van der Waals surface area contributed by atoms with Gasteiger partial charge in [-0.1, -0.05) is 0 Å². The van der Waals surface area contributed by atoms with E-state index in [0.29, 0.717) is 25.2 Å². The van der Waals surface area contributed by atoms with Crippen molar-refractivity contribution in [2.75, 3.05) is 30.4 Å². The number of carbonyl (C=O) groups is 3. The Morgan fingerprint density at radius 1 is 1.14 bits per heavy atom. The van der Waals surface area contributed by atoms with Crippen LogP contribution in [0.3, 0.4) is 0 Å². The van der Waals surface area contributed by atoms with E-state index in [4.69, 9.17) is 4.74 Å². The third-order valence-corrected chi connectivity index (χ3v) is 4.75. The highest BCUT2D eigenvalue weighted by molar-refractivity contribution is 5.93. The maximum atomic E-state index is 12.3. The van der Waals surface area contributed by atoms with E-state index in [1.807, 2.05) is 20.8 Å². The van der Waals surface area contributed by atoms with Crippen LogP contribution < -0.4 is 10.2 Å². The highest BCUT2D eigenvalue weighted by Gasteiger charge is 2.27. The Morgan fingerprint density at radius 2 is 1.71 bits per heavy atom. The van der Waals surface area contributed by atoms with Gasteiger partial charge in [0.1, 0.15) is 5.60 Å². The quantitative estimate of drug-likeness (QED) is 0.853. The Hall–Kier alpha value is -2.57. The smallest absolute Gasteiger partial charge is 0.410 e. The van der Waals surface area contributed by atoms with Crippen LogP contribution in [-0.2, 0) is 14.3 Å². The molecule has 1 fully saturated rings. The molecule has 2 rings (SSSR count). The molecule has 0 aromatic heterocycles. The van der Waals surface area contributed by atoms with Crippen molar-refractivity contribution in [1.29, 1.82) is 0 Å². The van der Waals surface area contributed by atoms with Crippen molar-refractivity contribution in [3.05, 3.63) is 24.3 Å². The monoisotopic (exact) mass is 389 g/mol. The predicted octanol–water partition coefficient (Wildman–Crippen LogP) is 3.65. The third kappa shape index (κ3) is 6.55. The average molecular weight is 389 g/mol. The summed E-state index contributed by atoms with van der Waals surface area (Å²) < 4.78 is 5.40. The number of rotatable bonds is 4. The van der Waals surface area contributed by atoms with E-state index in [9.17, 15) is 14.4 Å². The SMILES string of the molecule is CC(=O)N(C)c1ccc(NC(=O)CC2CCN(C(=O)OC(C)(C)C)CC2)cc1. The van der Waals surface area contributed by atoms with Gasteiger partial charge in [-0.3, -0.25) is 9.59 Å². The molecule has 1 aromatic rings. The molecule has 1 N–H and O–H groups in total. The summed E-state index contributed by atoms with van der Waals surface area (Å²) in [6.07, 6.45) is 1.72. The zero-order chi connectivity index (χ0) is 20.9. The fourth-order valence-corrected chi connectivity index (χ4v) is 3.07. The van der Waals surface area contributed by atoms with E-state index in [1.165, 1.54) is 6.92 Å². The van der Waals surface area contributed by atoms with E-state index >= 15 is 0 Å². The van der Waals surface area contributed by atoms with Gasteiger partial charge in [0, 0.05) is 44.9 Å². The van der Waals surface area contributed by atoms with Crippen molar-refractivity contribution >= 4 is 29.3 Å². The molecule has 0 bridgehead atoms. The molecular weight excluding hydrogens is 358 g/mol. The third-order valence-electron chi connectivity index (χ3n) is 4.75. The minimum Gasteiger partial charge on any atom is -0.444 e. The first kappa shape index (κ1) is 21.7. The van der Waals surface area contributed by atoms with E-state index in [1.54, 1.807) is 41.1 Å². The topological polar surface area (TPSA) is 79.0 Å². The molecule has 7 heteroatoms. The number of amides is 3. The summed E-state index contributed by atoms with van der Waals surface area (Å²) in [5.74, 6) is 0.166. The van der Waals surface area contributed by atoms with E-state index in [2.05, 4.69) is 5.32 Å². The standard InChI is InChI=1S/C21H31N3O4/c1-15(25)23(5)18-8-6-17(7-9-18)22-19(26)14-16-10-12-24(13-11-16)20(27)28-21(2,3)4/h6-9,16H,10-14H2,1-5H3,(H,22,26). The fraction of sp³-hybridized carbons (Fsp3) is 0.571. The number of likely N-dealkylation sites (tertiary alicyclic amines) is 1. The summed E-state index contributed by atoms with van der Waals surface area (Å²) in [6, 6.07) is 7.18. The maximum absolute atomic E-state index is 12.3. The number of hydrogen-bond donors (Lipinski definition) is 1. The normalized spacial score (nSPS) is 15.1. The number of carbonyl (C=O) groups excluding carboxylic acids is 3. The van der Waals surface area contributed by atoms with Gasteiger partial charge >= 0.3 is 6.09 Å². The Labute approximate surface area is 167 Å². The van der Waals surface area contributed by atoms with Crippen molar-refractivity contribution in [3.8, 4) is 0 Å². The zero-order valence-corrected chi connectivity index (χ0v) is 17.4. The van der Waals surface area contributed by atoms with Gasteiger partial charge in [-0.25, -0.2) is 4.79 Å². The van der Waals surface area contributed by atoms with Crippen molar-refractivity contribution < 1.29 is 19.1 Å². The molecule has 1 aliphatic heterocycles. The van der Waals surface area contributed by atoms with E-state index in [-0.39, 0.29) is 23.8 Å². The van der Waals surface area contributed by atoms with Gasteiger partial charge < -0.3 is 19.9 Å². The van der Waals surface area contributed by atoms with Gasteiger partial charge in [-0.05, 0) is 63.8 Å². The van der Waals surface area contributed by atoms with E-state index < -0.39 is 5.60 Å². The summed E-state index contributed by atoms with van der Waals surface area (Å²) in [5.41, 5.74) is 0.986. The number of piperidine rings is 1. The summed E-state index contributed by atoms with van der Waals surface area (Å²) in [6.45, 7) is 8.29. The Kier molecular flexibility index (Phi) is 7.05. The maximum Gasteiger partial charge on any atom is 0.410 e. The Balaban J connectivity index is 1.78. The van der Waals surface area contributed by atoms with E-state index in [0.717, 1.165) is 18.5 Å². The first-order valence-corrected chi connectivity index (χ1v) is 9.67. The molecule has 154 valence electrons. The van der Waals surface area contributed by atoms with Crippen LogP contribution >= 0.6 is 0 Å². The number of benzene rings is 1. The second-order valence-corrected chi connectivity index (χ2v) is 8.29. The van der Waals surface area contributed by atoms with Crippen LogP contribution in [0, 0.1) is 5.92 Å². The molecule has 1 aliphatic rings. The molecular formula is C21H31N3O4. The molecule has 3 amide bonds. The van der Waals surface area contributed by atoms with Gasteiger partial charge in [-0.15, -0.1) is 0 Å². The first-order valence-electron chi connectivity index (χ1n) is 9.67. The van der Waals surface area contributed by atoms with Crippen LogP contribution in [0.5, 0.6) is 0 Å². The highest BCUT2D eigenvalue weighted by atomic mass is 16.6. The molecule has 28 heavy (non-hydrogen) atoms. The summed E-state index contributed by atoms with van der Waals surface area (Å²) in [4.78, 5) is 39.1. The lowest BCUT2D eigenvalue weighted by Gasteiger charge is -2.33. The largest absolute Gasteiger partial charge is 0.444 e. The molecule has 1 aromatic carbocycles. The van der Waals surface area contributed by atoms with Gasteiger partial charge in [0.25, 0.3) is 0 Å². The Morgan fingerprint density at radius 3 is 2.21 bits per heavy atom. The van der Waals surface area contributed by atoms with Crippen molar-refractivity contribution in [3.63, 3.8) is 0 Å². The van der Waals surface area contributed by atoms with Crippen LogP contribution in [0.1, 0.15) is 47.0 Å². The number of anilines is 2. The molecule has 0 spiro atoms. The second-order valence-electron chi connectivity index (χ2n) is 8.29. The van der Waals surface area contributed by atoms with Crippen LogP contribution in [0.2, 0.25) is 0 Å². The van der Waals surface area contributed by atoms with Gasteiger partial charge in [0.05, 0.1) is 0 Å². The molecule has 0 aliphatic carbocycles. The number of hydrogen-bond acceptors (Lipinski definition) is 4. The molecule has 0 atom stereocenters. The fourth-order valence-electron chi connectivity index (χ4n) is 3.07. The first-order chi connectivity index (χ1) is 13.0. The van der Waals surface area contributed by atoms with Crippen LogP contribution in [-0.4, -0.2) is 48.5 Å². The van der Waals surface area contributed by atoms with Crippen molar-refractivity contribution in [2.24, 2.45) is 5.92 Å². The highest BCUT2D eigenvalue weighted by Crippen LogP contribution is 2.23. The average Bonchev–Trinajstić information content (AvgIpc) is 2.60. The van der Waals surface area contributed by atoms with Gasteiger partial charge in [0.15, 0.2) is 0 Å². The zero-order valence-electron chi connectivity index (χ0n) is 17.4. The lowest BCUT2D eigenvalue weighted by molar-refractivity contribution is -0.117. The second kappa shape index (κ2) is 9.08. The molecule has 1 saturated heterocycles. The molecule has 1 heterocycles. The lowest BCUT2D eigenvalue weighted by atomic mass is 9.93. The summed E-state index contributed by atoms with van der Waals surface area (Å²) in [5, 5.41) is 2.90. The molecule has 7 nitrogen and oxygen atoms in total. The minimum atomic E-state index is -0.497. The van der Waals surface area contributed by atoms with Gasteiger partial charge in [-0.2, -0.15) is 0 Å². The molecule has 0 radical (unpaired) electrons. The van der Waals surface area contributed by atoms with Gasteiger partial charge in [0.2, 0.25) is 11.8 Å². The number of ether oxygens (including phenoxy) is 1. The summed E-state index contributed by atoms with van der Waals surface area (Å²) >= 11 is 0. The number of nitrogens with zero attached hydrogens (tertiary/aromatic N) is 2. The predicted molar refractivity (Wildman–Crippen MR) is 109 cm³/mol. The molecule has 0 saturated carbocycles. The van der Waals surface area contributed by atoms with Crippen molar-refractivity contribution in [1.82, 2.24) is 4.90 Å².